The second kappa shape index (κ2) is 17.9. The van der Waals surface area contributed by atoms with E-state index in [2.05, 4.69) is 21.3 Å². The Morgan fingerprint density at radius 1 is 1.02 bits per heavy atom. The third-order valence-corrected chi connectivity index (χ3v) is 9.66. The minimum Gasteiger partial charge on any atom is -0.460 e. The van der Waals surface area contributed by atoms with Gasteiger partial charge in [-0.05, 0) is 68.1 Å². The van der Waals surface area contributed by atoms with Crippen LogP contribution >= 0.6 is 11.6 Å². The van der Waals surface area contributed by atoms with Crippen LogP contribution in [0.15, 0.2) is 30.3 Å². The molecule has 0 radical (unpaired) electrons. The molecule has 0 spiro atoms. The molecule has 1 saturated heterocycles. The van der Waals surface area contributed by atoms with E-state index in [0.717, 1.165) is 0 Å². The van der Waals surface area contributed by atoms with Crippen LogP contribution in [0.4, 0.5) is 0 Å². The van der Waals surface area contributed by atoms with E-state index < -0.39 is 97.4 Å². The Morgan fingerprint density at radius 2 is 1.72 bits per heavy atom. The van der Waals surface area contributed by atoms with E-state index in [1.807, 2.05) is 13.8 Å². The van der Waals surface area contributed by atoms with Crippen LogP contribution in [0.5, 0.6) is 17.2 Å². The molecule has 3 heterocycles. The van der Waals surface area contributed by atoms with Crippen LogP contribution in [0.1, 0.15) is 69.4 Å². The van der Waals surface area contributed by atoms with Gasteiger partial charge in [0, 0.05) is 5.92 Å². The number of carbonyl (C=O) groups is 4. The first-order chi connectivity index (χ1) is 24.9. The molecule has 4 bridgehead atoms. The smallest absolute Gasteiger partial charge is 0.246 e. The molecule has 2 aromatic rings. The van der Waals surface area contributed by atoms with E-state index in [4.69, 9.17) is 31.5 Å². The Morgan fingerprint density at radius 3 is 2.32 bits per heavy atom. The van der Waals surface area contributed by atoms with Crippen molar-refractivity contribution in [2.45, 2.75) is 102 Å². The number of amides is 4. The van der Waals surface area contributed by atoms with Crippen LogP contribution in [0, 0.1) is 18.8 Å². The van der Waals surface area contributed by atoms with Gasteiger partial charge in [-0.3, -0.25) is 19.2 Å². The maximum atomic E-state index is 13.8. The molecule has 16 nitrogen and oxygen atoms in total. The second-order valence-electron chi connectivity index (χ2n) is 14.0. The van der Waals surface area contributed by atoms with E-state index in [9.17, 15) is 39.6 Å². The average Bonchev–Trinajstić information content (AvgIpc) is 3.09. The van der Waals surface area contributed by atoms with Gasteiger partial charge >= 0.3 is 0 Å². The zero-order valence-electron chi connectivity index (χ0n) is 30.5. The van der Waals surface area contributed by atoms with E-state index in [0.29, 0.717) is 17.5 Å². The van der Waals surface area contributed by atoms with Crippen LogP contribution in [0.2, 0.25) is 5.02 Å². The normalized spacial score (nSPS) is 28.4. The number of halogens is 1. The van der Waals surface area contributed by atoms with Gasteiger partial charge < -0.3 is 61.6 Å². The predicted molar refractivity (Wildman–Crippen MR) is 192 cm³/mol. The predicted octanol–water partition coefficient (Wildman–Crippen LogP) is 0.598. The number of fused-ring (bicyclic) bond motifs is 9. The summed E-state index contributed by atoms with van der Waals surface area (Å²) in [7, 11) is 1.59. The lowest BCUT2D eigenvalue weighted by Crippen LogP contribution is -2.58. The fourth-order valence-corrected chi connectivity index (χ4v) is 6.48. The van der Waals surface area contributed by atoms with Crippen LogP contribution < -0.4 is 36.5 Å². The molecule has 0 saturated carbocycles. The lowest BCUT2D eigenvalue weighted by Gasteiger charge is -2.41. The molecule has 1 fully saturated rings. The van der Waals surface area contributed by atoms with Gasteiger partial charge in [-0.15, -0.1) is 0 Å². The highest BCUT2D eigenvalue weighted by molar-refractivity contribution is 6.32. The highest BCUT2D eigenvalue weighted by Gasteiger charge is 2.44. The van der Waals surface area contributed by atoms with Crippen molar-refractivity contribution in [1.29, 1.82) is 0 Å². The van der Waals surface area contributed by atoms with Gasteiger partial charge in [-0.25, -0.2) is 0 Å². The third kappa shape index (κ3) is 9.94. The molecule has 3 aliphatic rings. The lowest BCUT2D eigenvalue weighted by atomic mass is 9.92. The molecule has 4 amide bonds. The number of primary amides is 1. The summed E-state index contributed by atoms with van der Waals surface area (Å²) in [6.45, 7) is 8.23. The third-order valence-electron chi connectivity index (χ3n) is 9.37. The number of hydrogen-bond acceptors (Lipinski definition) is 12. The molecule has 3 aliphatic heterocycles. The number of ether oxygens (including phenoxy) is 3. The SMILES string of the molecule is CN[C@H](CC(C)C)C(=O)NC1C(=O)N[C@@H](CC(N)=O)C(=O)N[C@@H](C)c2cc(C)c(O[C@@H]3O[C@H](CO)[C@@H](O)[C@H](O)[C@H]3C)c(c2)Oc2ccc(cc2Cl)[C@H]1O. The maximum Gasteiger partial charge on any atom is 0.246 e. The number of hydrogen-bond donors (Lipinski definition) is 9. The zero-order valence-corrected chi connectivity index (χ0v) is 31.2. The van der Waals surface area contributed by atoms with Crippen LogP contribution in [0.25, 0.3) is 0 Å². The summed E-state index contributed by atoms with van der Waals surface area (Å²) in [5, 5.41) is 53.1. The van der Waals surface area contributed by atoms with E-state index in [1.54, 1.807) is 40.0 Å². The highest BCUT2D eigenvalue weighted by atomic mass is 35.5. The second-order valence-corrected chi connectivity index (χ2v) is 14.4. The minimum absolute atomic E-state index is 0.00942. The molecule has 0 aromatic heterocycles. The molecule has 5 rings (SSSR count). The largest absolute Gasteiger partial charge is 0.460 e. The number of carbonyl (C=O) groups excluding carboxylic acids is 4. The summed E-state index contributed by atoms with van der Waals surface area (Å²) in [4.78, 5) is 52.9. The summed E-state index contributed by atoms with van der Waals surface area (Å²) in [5.74, 6) is -3.47. The fourth-order valence-electron chi connectivity index (χ4n) is 6.25. The van der Waals surface area contributed by atoms with E-state index in [1.165, 1.54) is 18.2 Å². The van der Waals surface area contributed by atoms with Crippen molar-refractivity contribution in [3.8, 4) is 17.2 Å². The molecule has 10 atom stereocenters. The Labute approximate surface area is 312 Å². The monoisotopic (exact) mass is 763 g/mol. The van der Waals surface area contributed by atoms with Crippen LogP contribution in [0.3, 0.4) is 0 Å². The summed E-state index contributed by atoms with van der Waals surface area (Å²) in [5.41, 5.74) is 6.58. The average molecular weight is 764 g/mol. The number of nitrogens with two attached hydrogens (primary N) is 1. The van der Waals surface area contributed by atoms with Gasteiger partial charge in [0.15, 0.2) is 11.5 Å². The maximum absolute atomic E-state index is 13.8. The topological polar surface area (TPSA) is 251 Å². The van der Waals surface area contributed by atoms with Crippen molar-refractivity contribution in [3.05, 3.63) is 52.0 Å². The number of aryl methyl sites for hydroxylation is 1. The number of benzene rings is 2. The lowest BCUT2D eigenvalue weighted by molar-refractivity contribution is -0.256. The molecule has 292 valence electrons. The fraction of sp³-hybridized carbons (Fsp3) is 0.556. The number of likely N-dealkylation sites (N-methyl/N-ethyl adjacent to an activating group) is 1. The first kappa shape index (κ1) is 41.7. The number of rotatable bonds is 10. The first-order valence-electron chi connectivity index (χ1n) is 17.4. The van der Waals surface area contributed by atoms with Crippen molar-refractivity contribution in [2.24, 2.45) is 17.6 Å². The van der Waals surface area contributed by atoms with Gasteiger partial charge in [0.2, 0.25) is 29.9 Å². The molecule has 10 N–H and O–H groups in total. The first-order valence-corrected chi connectivity index (χ1v) is 17.8. The van der Waals surface area contributed by atoms with Crippen molar-refractivity contribution in [3.63, 3.8) is 0 Å². The summed E-state index contributed by atoms with van der Waals surface area (Å²) >= 11 is 6.70. The molecule has 0 aliphatic carbocycles. The molecule has 2 aromatic carbocycles. The Bertz CT molecular complexity index is 1660. The minimum atomic E-state index is -1.69. The van der Waals surface area contributed by atoms with Gasteiger partial charge in [0.05, 0.1) is 36.2 Å². The Kier molecular flexibility index (Phi) is 14.1. The summed E-state index contributed by atoms with van der Waals surface area (Å²) in [6, 6.07) is 2.90. The molecule has 1 unspecified atom stereocenters. The van der Waals surface area contributed by atoms with E-state index in [-0.39, 0.29) is 33.8 Å². The zero-order chi connectivity index (χ0) is 39.3. The quantitative estimate of drug-likeness (QED) is 0.161. The van der Waals surface area contributed by atoms with Gasteiger partial charge in [-0.2, -0.15) is 0 Å². The number of nitrogens with one attached hydrogen (secondary N) is 4. The van der Waals surface area contributed by atoms with Gasteiger partial charge in [0.25, 0.3) is 0 Å². The Balaban J connectivity index is 1.81. The van der Waals surface area contributed by atoms with Crippen molar-refractivity contribution < 1.29 is 53.8 Å². The van der Waals surface area contributed by atoms with Crippen LogP contribution in [-0.2, 0) is 23.9 Å². The Hall–Kier alpha value is -4.03. The van der Waals surface area contributed by atoms with Crippen LogP contribution in [-0.4, -0.2) is 100 Å². The molecular weight excluding hydrogens is 714 g/mol. The molecular formula is C36H50ClN5O11. The van der Waals surface area contributed by atoms with Gasteiger partial charge in [-0.1, -0.05) is 44.5 Å². The standard InChI is InChI=1S/C36H50ClN5O11/c1-15(2)9-22(39-6)33(48)42-28-30(46)19-7-8-24(21(37)11-19)51-25-12-20(18(5)40-34(49)23(13-27(38)44)41-35(28)50)10-16(3)32(25)53-36-17(4)29(45)31(47)26(14-43)52-36/h7-8,10-12,15,17-18,22-23,26,28-31,36,39,43,45-47H,9,13-14H2,1-6H3,(H2,38,44)(H,40,49)(H,41,50)(H,42,48)/t17-,18+,22-,23+,26-,28?,29-,30-,31-,36+/m1/s1. The molecule has 53 heavy (non-hydrogen) atoms. The van der Waals surface area contributed by atoms with Crippen molar-refractivity contribution in [2.75, 3.05) is 13.7 Å². The summed E-state index contributed by atoms with van der Waals surface area (Å²) in [6.07, 6.45) is -6.76. The highest BCUT2D eigenvalue weighted by Crippen LogP contribution is 2.42. The summed E-state index contributed by atoms with van der Waals surface area (Å²) < 4.78 is 18.3. The number of aliphatic hydroxyl groups is 4. The number of aliphatic hydroxyl groups excluding tert-OH is 4. The van der Waals surface area contributed by atoms with Gasteiger partial charge in [0.1, 0.15) is 36.1 Å². The van der Waals surface area contributed by atoms with E-state index >= 15 is 0 Å². The molecule has 17 heteroatoms. The van der Waals surface area contributed by atoms with Crippen molar-refractivity contribution >= 4 is 35.2 Å². The van der Waals surface area contributed by atoms with Crippen molar-refractivity contribution in [1.82, 2.24) is 21.3 Å².